The summed E-state index contributed by atoms with van der Waals surface area (Å²) in [5, 5.41) is 18.4. The van der Waals surface area contributed by atoms with E-state index in [1.54, 1.807) is 7.11 Å². The lowest BCUT2D eigenvalue weighted by Gasteiger charge is -2.15. The maximum atomic E-state index is 9.10. The van der Waals surface area contributed by atoms with E-state index in [4.69, 9.17) is 29.3 Å². The molecular formula is C22H27NO6. The highest BCUT2D eigenvalue weighted by Gasteiger charge is 2.14. The number of benzene rings is 2. The lowest BCUT2D eigenvalue weighted by molar-refractivity contribution is -0.159. The van der Waals surface area contributed by atoms with E-state index in [0.717, 1.165) is 23.6 Å². The fraction of sp³-hybridized carbons (Fsp3) is 0.364. The summed E-state index contributed by atoms with van der Waals surface area (Å²) in [4.78, 5) is 18.2. The van der Waals surface area contributed by atoms with Crippen molar-refractivity contribution in [2.75, 3.05) is 7.11 Å². The summed E-state index contributed by atoms with van der Waals surface area (Å²) in [6, 6.07) is 17.0. The lowest BCUT2D eigenvalue weighted by atomic mass is 10.1. The molecule has 2 aromatic carbocycles. The van der Waals surface area contributed by atoms with Crippen LogP contribution >= 0.6 is 0 Å². The molecule has 2 aromatic rings. The third-order valence-electron chi connectivity index (χ3n) is 4.60. The van der Waals surface area contributed by atoms with Crippen LogP contribution in [-0.4, -0.2) is 35.3 Å². The van der Waals surface area contributed by atoms with E-state index in [1.165, 1.54) is 31.2 Å². The number of hydrogen-bond acceptors (Lipinski definition) is 5. The summed E-state index contributed by atoms with van der Waals surface area (Å²) >= 11 is 0. The van der Waals surface area contributed by atoms with Gasteiger partial charge < -0.3 is 25.0 Å². The van der Waals surface area contributed by atoms with Crippen LogP contribution in [0.4, 0.5) is 0 Å². The second-order valence-corrected chi connectivity index (χ2v) is 6.73. The van der Waals surface area contributed by atoms with E-state index >= 15 is 0 Å². The minimum absolute atomic E-state index is 0.552. The van der Waals surface area contributed by atoms with Crippen LogP contribution in [0.25, 0.3) is 0 Å². The molecule has 0 atom stereocenters. The quantitative estimate of drug-likeness (QED) is 0.610. The number of carboxylic acid groups (broad SMARTS) is 2. The van der Waals surface area contributed by atoms with Crippen LogP contribution in [-0.2, 0) is 22.7 Å². The van der Waals surface area contributed by atoms with Crippen LogP contribution < -0.4 is 14.8 Å². The second-order valence-electron chi connectivity index (χ2n) is 6.73. The first kappa shape index (κ1) is 22.2. The molecule has 1 aliphatic rings. The Morgan fingerprint density at radius 2 is 1.62 bits per heavy atom. The Hall–Kier alpha value is -3.06. The summed E-state index contributed by atoms with van der Waals surface area (Å²) in [6.45, 7) is 1.44. The number of rotatable bonds is 7. The Labute approximate surface area is 170 Å². The third-order valence-corrected chi connectivity index (χ3v) is 4.60. The van der Waals surface area contributed by atoms with Crippen molar-refractivity contribution in [2.24, 2.45) is 0 Å². The van der Waals surface area contributed by atoms with Crippen molar-refractivity contribution in [3.8, 4) is 11.5 Å². The number of carbonyl (C=O) groups is 2. The molecule has 156 valence electrons. The van der Waals surface area contributed by atoms with Crippen LogP contribution in [0.5, 0.6) is 11.5 Å². The van der Waals surface area contributed by atoms with E-state index in [9.17, 15) is 0 Å². The SMILES string of the molecule is COc1cc(CNC2CCCC2)ccc1OCc1ccccc1.O=C(O)C(=O)O. The second kappa shape index (κ2) is 11.7. The van der Waals surface area contributed by atoms with Crippen molar-refractivity contribution in [3.63, 3.8) is 0 Å². The van der Waals surface area contributed by atoms with Gasteiger partial charge in [0.2, 0.25) is 0 Å². The molecule has 3 rings (SSSR count). The van der Waals surface area contributed by atoms with Gasteiger partial charge in [-0.25, -0.2) is 9.59 Å². The summed E-state index contributed by atoms with van der Waals surface area (Å²) < 4.78 is 11.4. The number of aliphatic carboxylic acids is 2. The maximum Gasteiger partial charge on any atom is 0.414 e. The van der Waals surface area contributed by atoms with Crippen molar-refractivity contribution >= 4 is 11.9 Å². The van der Waals surface area contributed by atoms with Gasteiger partial charge in [-0.05, 0) is 36.1 Å². The van der Waals surface area contributed by atoms with E-state index in [-0.39, 0.29) is 0 Å². The number of nitrogens with one attached hydrogen (secondary N) is 1. The average molecular weight is 401 g/mol. The van der Waals surface area contributed by atoms with Crippen LogP contribution in [0.1, 0.15) is 36.8 Å². The third kappa shape index (κ3) is 7.83. The van der Waals surface area contributed by atoms with Crippen molar-refractivity contribution in [2.45, 2.75) is 44.9 Å². The predicted molar refractivity (Wildman–Crippen MR) is 108 cm³/mol. The van der Waals surface area contributed by atoms with Crippen molar-refractivity contribution in [3.05, 3.63) is 59.7 Å². The molecule has 0 bridgehead atoms. The number of hydrogen-bond donors (Lipinski definition) is 3. The van der Waals surface area contributed by atoms with Gasteiger partial charge in [0.05, 0.1) is 7.11 Å². The van der Waals surface area contributed by atoms with Gasteiger partial charge in [-0.3, -0.25) is 0 Å². The van der Waals surface area contributed by atoms with Gasteiger partial charge in [0.1, 0.15) is 6.61 Å². The maximum absolute atomic E-state index is 9.10. The predicted octanol–water partition coefficient (Wildman–Crippen LogP) is 3.46. The molecule has 0 amide bonds. The molecule has 29 heavy (non-hydrogen) atoms. The van der Waals surface area contributed by atoms with Crippen LogP contribution in [0.15, 0.2) is 48.5 Å². The standard InChI is InChI=1S/C20H25NO2.C2H2O4/c1-22-20-13-17(14-21-18-9-5-6-10-18)11-12-19(20)23-15-16-7-3-2-4-8-16;3-1(4)2(5)6/h2-4,7-8,11-13,18,21H,5-6,9-10,14-15H2,1H3;(H,3,4)(H,5,6). The molecule has 1 aliphatic carbocycles. The molecule has 1 saturated carbocycles. The average Bonchev–Trinajstić information content (AvgIpc) is 3.26. The van der Waals surface area contributed by atoms with Gasteiger partial charge >= 0.3 is 11.9 Å². The van der Waals surface area contributed by atoms with Gasteiger partial charge in [0, 0.05) is 12.6 Å². The van der Waals surface area contributed by atoms with E-state index < -0.39 is 11.9 Å². The van der Waals surface area contributed by atoms with Gasteiger partial charge in [-0.1, -0.05) is 49.2 Å². The highest BCUT2D eigenvalue weighted by atomic mass is 16.5. The van der Waals surface area contributed by atoms with Crippen molar-refractivity contribution in [1.82, 2.24) is 5.32 Å². The van der Waals surface area contributed by atoms with Crippen molar-refractivity contribution < 1.29 is 29.3 Å². The molecule has 0 spiro atoms. The zero-order chi connectivity index (χ0) is 21.1. The summed E-state index contributed by atoms with van der Waals surface area (Å²) in [7, 11) is 1.69. The first-order valence-corrected chi connectivity index (χ1v) is 9.53. The molecule has 0 aromatic heterocycles. The summed E-state index contributed by atoms with van der Waals surface area (Å²) in [5.74, 6) is -2.06. The first-order chi connectivity index (χ1) is 14.0. The zero-order valence-electron chi connectivity index (χ0n) is 16.5. The molecule has 1 fully saturated rings. The van der Waals surface area contributed by atoms with Gasteiger partial charge in [0.25, 0.3) is 0 Å². The zero-order valence-corrected chi connectivity index (χ0v) is 16.5. The fourth-order valence-electron chi connectivity index (χ4n) is 3.07. The Kier molecular flexibility index (Phi) is 8.98. The van der Waals surface area contributed by atoms with Crippen LogP contribution in [0.2, 0.25) is 0 Å². The van der Waals surface area contributed by atoms with Gasteiger partial charge in [0.15, 0.2) is 11.5 Å². The van der Waals surface area contributed by atoms with Gasteiger partial charge in [-0.2, -0.15) is 0 Å². The summed E-state index contributed by atoms with van der Waals surface area (Å²) in [5.41, 5.74) is 2.39. The normalized spacial score (nSPS) is 13.3. The van der Waals surface area contributed by atoms with Crippen LogP contribution in [0, 0.1) is 0 Å². The Bertz CT molecular complexity index is 775. The topological polar surface area (TPSA) is 105 Å². The molecular weight excluding hydrogens is 374 g/mol. The minimum atomic E-state index is -1.82. The monoisotopic (exact) mass is 401 g/mol. The number of ether oxygens (including phenoxy) is 2. The molecule has 7 heteroatoms. The Morgan fingerprint density at radius 3 is 2.21 bits per heavy atom. The van der Waals surface area contributed by atoms with E-state index in [0.29, 0.717) is 12.6 Å². The molecule has 0 radical (unpaired) electrons. The number of carboxylic acids is 2. The van der Waals surface area contributed by atoms with Crippen LogP contribution in [0.3, 0.4) is 0 Å². The summed E-state index contributed by atoms with van der Waals surface area (Å²) in [6.07, 6.45) is 5.31. The van der Waals surface area contributed by atoms with Crippen molar-refractivity contribution in [1.29, 1.82) is 0 Å². The molecule has 0 saturated heterocycles. The molecule has 0 aliphatic heterocycles. The highest BCUT2D eigenvalue weighted by molar-refractivity contribution is 6.27. The van der Waals surface area contributed by atoms with E-state index in [2.05, 4.69) is 29.6 Å². The lowest BCUT2D eigenvalue weighted by Crippen LogP contribution is -2.25. The number of methoxy groups -OCH3 is 1. The molecule has 7 nitrogen and oxygen atoms in total. The molecule has 0 unspecified atom stereocenters. The minimum Gasteiger partial charge on any atom is -0.493 e. The molecule has 3 N–H and O–H groups in total. The fourth-order valence-corrected chi connectivity index (χ4v) is 3.07. The van der Waals surface area contributed by atoms with Gasteiger partial charge in [-0.15, -0.1) is 0 Å². The molecule has 0 heterocycles. The van der Waals surface area contributed by atoms with E-state index in [1.807, 2.05) is 24.3 Å². The Morgan fingerprint density at radius 1 is 0.966 bits per heavy atom. The highest BCUT2D eigenvalue weighted by Crippen LogP contribution is 2.29. The largest absolute Gasteiger partial charge is 0.493 e. The smallest absolute Gasteiger partial charge is 0.414 e. The Balaban J connectivity index is 0.000000438. The first-order valence-electron chi connectivity index (χ1n) is 9.53.